The molecule has 1 aromatic rings. The number of benzene rings is 1. The molecule has 0 saturated heterocycles. The maximum atomic E-state index is 8.59. The van der Waals surface area contributed by atoms with Gasteiger partial charge in [0.15, 0.2) is 0 Å². The third-order valence-electron chi connectivity index (χ3n) is 2.27. The summed E-state index contributed by atoms with van der Waals surface area (Å²) in [5.41, 5.74) is 1.01. The Balaban J connectivity index is 2.87. The van der Waals surface area contributed by atoms with Crippen molar-refractivity contribution in [3.8, 4) is 17.6 Å². The van der Waals surface area contributed by atoms with Gasteiger partial charge in [0, 0.05) is 12.1 Å². The summed E-state index contributed by atoms with van der Waals surface area (Å²) in [4.78, 5) is 1.91. The minimum atomic E-state index is 0.389. The Morgan fingerprint density at radius 1 is 1.31 bits per heavy atom. The second-order valence-corrected chi connectivity index (χ2v) is 3.51. The molecule has 0 fully saturated rings. The van der Waals surface area contributed by atoms with Gasteiger partial charge in [0.05, 0.1) is 26.8 Å². The standard InChI is InChI=1S/C12H16N2O2/c1-14(7-6-13)9-10-8-11(15-2)4-5-12(10)16-3/h4-5,8H,7,9H2,1-3H3. The summed E-state index contributed by atoms with van der Waals surface area (Å²) < 4.78 is 10.4. The molecule has 0 saturated carbocycles. The van der Waals surface area contributed by atoms with Gasteiger partial charge in [-0.15, -0.1) is 0 Å². The van der Waals surface area contributed by atoms with E-state index in [0.29, 0.717) is 13.1 Å². The summed E-state index contributed by atoms with van der Waals surface area (Å²) in [5.74, 6) is 1.60. The number of ether oxygens (including phenoxy) is 2. The van der Waals surface area contributed by atoms with E-state index in [-0.39, 0.29) is 0 Å². The predicted molar refractivity (Wildman–Crippen MR) is 61.5 cm³/mol. The summed E-state index contributed by atoms with van der Waals surface area (Å²) in [7, 11) is 5.16. The van der Waals surface area contributed by atoms with Crippen LogP contribution in [0.15, 0.2) is 18.2 Å². The molecule has 0 aliphatic heterocycles. The van der Waals surface area contributed by atoms with Crippen LogP contribution in [0.4, 0.5) is 0 Å². The molecule has 0 atom stereocenters. The Kier molecular flexibility index (Phi) is 4.62. The number of hydrogen-bond acceptors (Lipinski definition) is 4. The number of nitrogens with zero attached hydrogens (tertiary/aromatic N) is 2. The molecule has 0 aromatic heterocycles. The summed E-state index contributed by atoms with van der Waals surface area (Å²) in [5, 5.41) is 8.59. The van der Waals surface area contributed by atoms with Gasteiger partial charge in [-0.1, -0.05) is 0 Å². The molecule has 0 aliphatic rings. The quantitative estimate of drug-likeness (QED) is 0.708. The molecule has 0 amide bonds. The second kappa shape index (κ2) is 5.99. The molecule has 0 radical (unpaired) electrons. The molecule has 0 unspecified atom stereocenters. The van der Waals surface area contributed by atoms with Crippen LogP contribution >= 0.6 is 0 Å². The predicted octanol–water partition coefficient (Wildman–Crippen LogP) is 1.66. The molecule has 16 heavy (non-hydrogen) atoms. The van der Waals surface area contributed by atoms with Gasteiger partial charge in [-0.25, -0.2) is 0 Å². The molecular formula is C12H16N2O2. The minimum absolute atomic E-state index is 0.389. The molecule has 1 aromatic carbocycles. The van der Waals surface area contributed by atoms with E-state index >= 15 is 0 Å². The third kappa shape index (κ3) is 3.14. The van der Waals surface area contributed by atoms with Crippen LogP contribution in [0.1, 0.15) is 5.56 Å². The molecular weight excluding hydrogens is 204 g/mol. The zero-order valence-electron chi connectivity index (χ0n) is 9.86. The molecule has 0 heterocycles. The van der Waals surface area contributed by atoms with Crippen molar-refractivity contribution in [2.24, 2.45) is 0 Å². The Hall–Kier alpha value is -1.73. The normalized spacial score (nSPS) is 9.94. The topological polar surface area (TPSA) is 45.5 Å². The van der Waals surface area contributed by atoms with E-state index < -0.39 is 0 Å². The van der Waals surface area contributed by atoms with Crippen LogP contribution in [-0.2, 0) is 6.54 Å². The number of hydrogen-bond donors (Lipinski definition) is 0. The fourth-order valence-electron chi connectivity index (χ4n) is 1.47. The highest BCUT2D eigenvalue weighted by molar-refractivity contribution is 5.40. The van der Waals surface area contributed by atoms with Gasteiger partial charge in [-0.3, -0.25) is 4.90 Å². The SMILES string of the molecule is COc1ccc(OC)c(CN(C)CC#N)c1. The number of methoxy groups -OCH3 is 2. The Labute approximate surface area is 96.0 Å². The molecule has 4 nitrogen and oxygen atoms in total. The molecule has 0 bridgehead atoms. The van der Waals surface area contributed by atoms with Crippen LogP contribution < -0.4 is 9.47 Å². The van der Waals surface area contributed by atoms with Gasteiger partial charge >= 0.3 is 0 Å². The fraction of sp³-hybridized carbons (Fsp3) is 0.417. The first kappa shape index (κ1) is 12.3. The van der Waals surface area contributed by atoms with Gasteiger partial charge in [0.2, 0.25) is 0 Å². The zero-order chi connectivity index (χ0) is 12.0. The van der Waals surface area contributed by atoms with Crippen LogP contribution in [0.3, 0.4) is 0 Å². The van der Waals surface area contributed by atoms with Crippen LogP contribution in [0, 0.1) is 11.3 Å². The van der Waals surface area contributed by atoms with Gasteiger partial charge in [0.1, 0.15) is 11.5 Å². The number of nitriles is 1. The van der Waals surface area contributed by atoms with Crippen molar-refractivity contribution in [3.05, 3.63) is 23.8 Å². The summed E-state index contributed by atoms with van der Waals surface area (Å²) in [6, 6.07) is 7.75. The monoisotopic (exact) mass is 220 g/mol. The Morgan fingerprint density at radius 2 is 2.06 bits per heavy atom. The van der Waals surface area contributed by atoms with Gasteiger partial charge < -0.3 is 9.47 Å². The maximum Gasteiger partial charge on any atom is 0.123 e. The van der Waals surface area contributed by atoms with Crippen LogP contribution in [0.2, 0.25) is 0 Å². The number of rotatable bonds is 5. The van der Waals surface area contributed by atoms with Crippen LogP contribution in [0.25, 0.3) is 0 Å². The third-order valence-corrected chi connectivity index (χ3v) is 2.27. The average Bonchev–Trinajstić information content (AvgIpc) is 2.29. The molecule has 4 heteroatoms. The Morgan fingerprint density at radius 3 is 2.62 bits per heavy atom. The summed E-state index contributed by atoms with van der Waals surface area (Å²) in [6.07, 6.45) is 0. The average molecular weight is 220 g/mol. The van der Waals surface area contributed by atoms with E-state index in [1.165, 1.54) is 0 Å². The molecule has 1 rings (SSSR count). The zero-order valence-corrected chi connectivity index (χ0v) is 9.86. The van der Waals surface area contributed by atoms with E-state index in [2.05, 4.69) is 6.07 Å². The van der Waals surface area contributed by atoms with Crippen molar-refractivity contribution < 1.29 is 9.47 Å². The lowest BCUT2D eigenvalue weighted by molar-refractivity contribution is 0.347. The first-order chi connectivity index (χ1) is 7.71. The highest BCUT2D eigenvalue weighted by Gasteiger charge is 2.07. The van der Waals surface area contributed by atoms with E-state index in [0.717, 1.165) is 17.1 Å². The second-order valence-electron chi connectivity index (χ2n) is 3.51. The lowest BCUT2D eigenvalue weighted by Gasteiger charge is -2.16. The lowest BCUT2D eigenvalue weighted by Crippen LogP contribution is -2.18. The van der Waals surface area contributed by atoms with E-state index in [4.69, 9.17) is 14.7 Å². The lowest BCUT2D eigenvalue weighted by atomic mass is 10.2. The van der Waals surface area contributed by atoms with Crippen molar-refractivity contribution in [2.75, 3.05) is 27.8 Å². The minimum Gasteiger partial charge on any atom is -0.497 e. The largest absolute Gasteiger partial charge is 0.497 e. The molecule has 0 N–H and O–H groups in total. The summed E-state index contributed by atoms with van der Waals surface area (Å²) >= 11 is 0. The van der Waals surface area contributed by atoms with Crippen LogP contribution in [-0.4, -0.2) is 32.7 Å². The smallest absolute Gasteiger partial charge is 0.123 e. The van der Waals surface area contributed by atoms with Crippen molar-refractivity contribution in [3.63, 3.8) is 0 Å². The van der Waals surface area contributed by atoms with Crippen LogP contribution in [0.5, 0.6) is 11.5 Å². The van der Waals surface area contributed by atoms with Gasteiger partial charge in [-0.2, -0.15) is 5.26 Å². The first-order valence-corrected chi connectivity index (χ1v) is 4.97. The van der Waals surface area contributed by atoms with E-state index in [1.54, 1.807) is 14.2 Å². The van der Waals surface area contributed by atoms with Crippen molar-refractivity contribution in [1.82, 2.24) is 4.90 Å². The van der Waals surface area contributed by atoms with Crippen molar-refractivity contribution in [1.29, 1.82) is 5.26 Å². The summed E-state index contributed by atoms with van der Waals surface area (Å²) in [6.45, 7) is 1.05. The highest BCUT2D eigenvalue weighted by atomic mass is 16.5. The maximum absolute atomic E-state index is 8.59. The van der Waals surface area contributed by atoms with Gasteiger partial charge in [0.25, 0.3) is 0 Å². The highest BCUT2D eigenvalue weighted by Crippen LogP contribution is 2.24. The van der Waals surface area contributed by atoms with Gasteiger partial charge in [-0.05, 0) is 25.2 Å². The molecule has 0 aliphatic carbocycles. The first-order valence-electron chi connectivity index (χ1n) is 4.97. The van der Waals surface area contributed by atoms with Crippen molar-refractivity contribution in [2.45, 2.75) is 6.54 Å². The van der Waals surface area contributed by atoms with Crippen molar-refractivity contribution >= 4 is 0 Å². The fourth-order valence-corrected chi connectivity index (χ4v) is 1.47. The molecule has 86 valence electrons. The van der Waals surface area contributed by atoms with E-state index in [1.807, 2.05) is 30.1 Å². The van der Waals surface area contributed by atoms with E-state index in [9.17, 15) is 0 Å². The Bertz CT molecular complexity index is 385. The molecule has 0 spiro atoms.